The maximum atomic E-state index is 6.09. The number of anilines is 1. The Hall–Kier alpha value is -0.480. The first-order chi connectivity index (χ1) is 7.26. The van der Waals surface area contributed by atoms with Crippen LogP contribution in [0.25, 0.3) is 0 Å². The Morgan fingerprint density at radius 1 is 1.53 bits per heavy atom. The van der Waals surface area contributed by atoms with Crippen LogP contribution in [0, 0.1) is 0 Å². The predicted molar refractivity (Wildman–Crippen MR) is 66.9 cm³/mol. The molecule has 0 saturated carbocycles. The van der Waals surface area contributed by atoms with Crippen molar-refractivity contribution in [2.75, 3.05) is 18.1 Å². The zero-order valence-corrected chi connectivity index (χ0v) is 10.6. The van der Waals surface area contributed by atoms with Gasteiger partial charge in [0.05, 0.1) is 5.38 Å². The molecule has 0 bridgehead atoms. The second kappa shape index (κ2) is 6.90. The molecule has 3 nitrogen and oxygen atoms in total. The lowest BCUT2D eigenvalue weighted by Crippen LogP contribution is -2.14. The molecule has 1 unspecified atom stereocenters. The monoisotopic (exact) mass is 245 g/mol. The smallest absolute Gasteiger partial charge is 0.130 e. The third-order valence-corrected chi connectivity index (χ3v) is 2.97. The Kier molecular flexibility index (Phi) is 5.79. The van der Waals surface area contributed by atoms with Gasteiger partial charge in [-0.15, -0.1) is 23.4 Å². The van der Waals surface area contributed by atoms with Gasteiger partial charge in [-0.25, -0.2) is 9.97 Å². The van der Waals surface area contributed by atoms with Gasteiger partial charge in [0.1, 0.15) is 17.2 Å². The van der Waals surface area contributed by atoms with E-state index in [1.54, 1.807) is 18.1 Å². The Morgan fingerprint density at radius 3 is 3.00 bits per heavy atom. The minimum atomic E-state index is 0.169. The Morgan fingerprint density at radius 2 is 2.33 bits per heavy atom. The van der Waals surface area contributed by atoms with Crippen LogP contribution < -0.4 is 5.32 Å². The van der Waals surface area contributed by atoms with Gasteiger partial charge in [0.25, 0.3) is 0 Å². The standard InChI is InChI=1S/C10H16ClN3S/c1-3-4-8(11)6-12-9-5-10(15-2)14-7-13-9/h5,7-8H,3-4,6H2,1-2H3,(H,12,13,14). The first kappa shape index (κ1) is 12.6. The zero-order valence-electron chi connectivity index (χ0n) is 9.03. The third-order valence-electron chi connectivity index (χ3n) is 1.96. The molecule has 5 heteroatoms. The molecule has 1 heterocycles. The summed E-state index contributed by atoms with van der Waals surface area (Å²) < 4.78 is 0. The summed E-state index contributed by atoms with van der Waals surface area (Å²) >= 11 is 7.70. The van der Waals surface area contributed by atoms with E-state index in [-0.39, 0.29) is 5.38 Å². The van der Waals surface area contributed by atoms with E-state index in [2.05, 4.69) is 22.2 Å². The molecular formula is C10H16ClN3S. The molecule has 0 amide bonds. The minimum Gasteiger partial charge on any atom is -0.368 e. The first-order valence-electron chi connectivity index (χ1n) is 5.00. The summed E-state index contributed by atoms with van der Waals surface area (Å²) in [6.45, 7) is 2.88. The van der Waals surface area contributed by atoms with Gasteiger partial charge in [0, 0.05) is 12.6 Å². The van der Waals surface area contributed by atoms with E-state index in [1.807, 2.05) is 12.3 Å². The Bertz CT molecular complexity index is 296. The first-order valence-corrected chi connectivity index (χ1v) is 6.66. The fourth-order valence-electron chi connectivity index (χ4n) is 1.18. The summed E-state index contributed by atoms with van der Waals surface area (Å²) in [5, 5.41) is 4.34. The Balaban J connectivity index is 2.43. The van der Waals surface area contributed by atoms with Gasteiger partial charge < -0.3 is 5.32 Å². The van der Waals surface area contributed by atoms with Crippen molar-refractivity contribution in [3.8, 4) is 0 Å². The molecule has 0 aliphatic heterocycles. The van der Waals surface area contributed by atoms with Crippen LogP contribution in [-0.2, 0) is 0 Å². The quantitative estimate of drug-likeness (QED) is 0.475. The molecule has 0 spiro atoms. The van der Waals surface area contributed by atoms with Crippen molar-refractivity contribution in [2.45, 2.75) is 30.2 Å². The molecule has 84 valence electrons. The van der Waals surface area contributed by atoms with Gasteiger partial charge in [-0.1, -0.05) is 13.3 Å². The fourth-order valence-corrected chi connectivity index (χ4v) is 1.86. The van der Waals surface area contributed by atoms with Gasteiger partial charge in [-0.2, -0.15) is 0 Å². The molecule has 0 aliphatic rings. The molecule has 1 N–H and O–H groups in total. The van der Waals surface area contributed by atoms with E-state index < -0.39 is 0 Å². The van der Waals surface area contributed by atoms with Crippen molar-refractivity contribution in [1.82, 2.24) is 9.97 Å². The lowest BCUT2D eigenvalue weighted by atomic mass is 10.2. The van der Waals surface area contributed by atoms with E-state index in [9.17, 15) is 0 Å². The number of aromatic nitrogens is 2. The topological polar surface area (TPSA) is 37.8 Å². The van der Waals surface area contributed by atoms with Crippen molar-refractivity contribution in [3.63, 3.8) is 0 Å². The molecule has 15 heavy (non-hydrogen) atoms. The van der Waals surface area contributed by atoms with Crippen molar-refractivity contribution in [2.24, 2.45) is 0 Å². The molecule has 0 fully saturated rings. The van der Waals surface area contributed by atoms with Crippen molar-refractivity contribution in [3.05, 3.63) is 12.4 Å². The molecule has 0 saturated heterocycles. The lowest BCUT2D eigenvalue weighted by Gasteiger charge is -2.10. The summed E-state index contributed by atoms with van der Waals surface area (Å²) in [6.07, 6.45) is 5.69. The van der Waals surface area contributed by atoms with Crippen molar-refractivity contribution in [1.29, 1.82) is 0 Å². The van der Waals surface area contributed by atoms with E-state index in [0.29, 0.717) is 0 Å². The van der Waals surface area contributed by atoms with Crippen LogP contribution in [0.4, 0.5) is 5.82 Å². The number of rotatable bonds is 6. The van der Waals surface area contributed by atoms with Gasteiger partial charge in [-0.05, 0) is 12.7 Å². The van der Waals surface area contributed by atoms with E-state index in [4.69, 9.17) is 11.6 Å². The molecule has 0 aromatic carbocycles. The molecule has 1 rings (SSSR count). The fraction of sp³-hybridized carbons (Fsp3) is 0.600. The molecular weight excluding hydrogens is 230 g/mol. The average Bonchev–Trinajstić information content (AvgIpc) is 2.27. The average molecular weight is 246 g/mol. The molecule has 1 aromatic heterocycles. The highest BCUT2D eigenvalue weighted by Crippen LogP contribution is 2.14. The van der Waals surface area contributed by atoms with E-state index >= 15 is 0 Å². The van der Waals surface area contributed by atoms with E-state index in [1.165, 1.54) is 0 Å². The lowest BCUT2D eigenvalue weighted by molar-refractivity contribution is 0.750. The minimum absolute atomic E-state index is 0.169. The molecule has 1 atom stereocenters. The highest BCUT2D eigenvalue weighted by molar-refractivity contribution is 7.98. The predicted octanol–water partition coefficient (Wildman–Crippen LogP) is 3.02. The SMILES string of the molecule is CCCC(Cl)CNc1cc(SC)ncn1. The van der Waals surface area contributed by atoms with Crippen LogP contribution in [-0.4, -0.2) is 28.1 Å². The van der Waals surface area contributed by atoms with Crippen LogP contribution in [0.1, 0.15) is 19.8 Å². The van der Waals surface area contributed by atoms with Crippen LogP contribution in [0.2, 0.25) is 0 Å². The van der Waals surface area contributed by atoms with Crippen molar-refractivity contribution >= 4 is 29.2 Å². The largest absolute Gasteiger partial charge is 0.368 e. The number of hydrogen-bond acceptors (Lipinski definition) is 4. The zero-order chi connectivity index (χ0) is 11.1. The molecule has 0 radical (unpaired) electrons. The number of halogens is 1. The van der Waals surface area contributed by atoms with Crippen molar-refractivity contribution < 1.29 is 0 Å². The summed E-state index contributed by atoms with van der Waals surface area (Å²) in [4.78, 5) is 8.23. The number of alkyl halides is 1. The summed E-state index contributed by atoms with van der Waals surface area (Å²) in [6, 6.07) is 1.93. The normalized spacial score (nSPS) is 12.5. The second-order valence-corrected chi connectivity index (χ2v) is 4.66. The summed E-state index contributed by atoms with van der Waals surface area (Å²) in [5.41, 5.74) is 0. The van der Waals surface area contributed by atoms with Gasteiger partial charge in [-0.3, -0.25) is 0 Å². The maximum absolute atomic E-state index is 6.09. The van der Waals surface area contributed by atoms with Gasteiger partial charge >= 0.3 is 0 Å². The molecule has 0 aliphatic carbocycles. The third kappa shape index (κ3) is 4.71. The summed E-state index contributed by atoms with van der Waals surface area (Å²) in [7, 11) is 0. The number of hydrogen-bond donors (Lipinski definition) is 1. The van der Waals surface area contributed by atoms with Crippen LogP contribution in [0.5, 0.6) is 0 Å². The number of nitrogens with one attached hydrogen (secondary N) is 1. The van der Waals surface area contributed by atoms with Crippen LogP contribution >= 0.6 is 23.4 Å². The van der Waals surface area contributed by atoms with Gasteiger partial charge in [0.15, 0.2) is 0 Å². The molecule has 1 aromatic rings. The maximum Gasteiger partial charge on any atom is 0.130 e. The summed E-state index contributed by atoms with van der Waals surface area (Å²) in [5.74, 6) is 0.844. The van der Waals surface area contributed by atoms with Gasteiger partial charge in [0.2, 0.25) is 0 Å². The number of nitrogens with zero attached hydrogens (tertiary/aromatic N) is 2. The van der Waals surface area contributed by atoms with Crippen LogP contribution in [0.15, 0.2) is 17.4 Å². The number of thioether (sulfide) groups is 1. The highest BCUT2D eigenvalue weighted by atomic mass is 35.5. The van der Waals surface area contributed by atoms with E-state index in [0.717, 1.165) is 30.2 Å². The second-order valence-electron chi connectivity index (χ2n) is 3.21. The highest BCUT2D eigenvalue weighted by Gasteiger charge is 2.03. The Labute approximate surface area is 100 Å². The van der Waals surface area contributed by atoms with Crippen LogP contribution in [0.3, 0.4) is 0 Å².